The Hall–Kier alpha value is -1.04. The van der Waals surface area contributed by atoms with E-state index in [2.05, 4.69) is 50.3 Å². The molecule has 0 saturated carbocycles. The predicted octanol–water partition coefficient (Wildman–Crippen LogP) is 5.84. The van der Waals surface area contributed by atoms with Crippen molar-refractivity contribution in [1.29, 1.82) is 0 Å². The molecule has 0 spiro atoms. The van der Waals surface area contributed by atoms with Gasteiger partial charge in [0.05, 0.1) is 0 Å². The van der Waals surface area contributed by atoms with Crippen LogP contribution in [0.25, 0.3) is 6.08 Å². The summed E-state index contributed by atoms with van der Waals surface area (Å²) >= 11 is 0. The molecular weight excluding hydrogens is 204 g/mol. The molecule has 0 heterocycles. The van der Waals surface area contributed by atoms with Gasteiger partial charge in [-0.05, 0) is 31.2 Å². The van der Waals surface area contributed by atoms with Crippen LogP contribution in [0.1, 0.15) is 64.4 Å². The van der Waals surface area contributed by atoms with E-state index in [1.807, 2.05) is 0 Å². The van der Waals surface area contributed by atoms with Crippen molar-refractivity contribution in [3.05, 3.63) is 41.5 Å². The van der Waals surface area contributed by atoms with Gasteiger partial charge in [0.25, 0.3) is 0 Å². The first-order valence-electron chi connectivity index (χ1n) is 7.11. The summed E-state index contributed by atoms with van der Waals surface area (Å²) in [4.78, 5) is 0. The summed E-state index contributed by atoms with van der Waals surface area (Å²) in [6.45, 7) is 4.54. The highest BCUT2D eigenvalue weighted by Crippen LogP contribution is 2.19. The molecule has 0 aliphatic rings. The van der Waals surface area contributed by atoms with Gasteiger partial charge in [-0.2, -0.15) is 0 Å². The summed E-state index contributed by atoms with van der Waals surface area (Å²) in [7, 11) is 0. The Morgan fingerprint density at radius 1 is 0.882 bits per heavy atom. The van der Waals surface area contributed by atoms with E-state index in [-0.39, 0.29) is 0 Å². The zero-order chi connectivity index (χ0) is 12.3. The van der Waals surface area contributed by atoms with Crippen molar-refractivity contribution in [2.45, 2.75) is 58.8 Å². The molecule has 0 nitrogen and oxygen atoms in total. The monoisotopic (exact) mass is 230 g/mol. The van der Waals surface area contributed by atoms with Gasteiger partial charge in [0.1, 0.15) is 0 Å². The summed E-state index contributed by atoms with van der Waals surface area (Å²) in [5.74, 6) is 0. The van der Waals surface area contributed by atoms with Crippen LogP contribution >= 0.6 is 0 Å². The van der Waals surface area contributed by atoms with E-state index in [1.165, 1.54) is 50.5 Å². The minimum absolute atomic E-state index is 1.27. The highest BCUT2D eigenvalue weighted by molar-refractivity contribution is 5.52. The van der Waals surface area contributed by atoms with Crippen molar-refractivity contribution in [2.24, 2.45) is 0 Å². The summed E-state index contributed by atoms with van der Waals surface area (Å²) in [5, 5.41) is 0. The Labute approximate surface area is 107 Å². The van der Waals surface area contributed by atoms with E-state index in [0.29, 0.717) is 0 Å². The minimum atomic E-state index is 1.27. The van der Waals surface area contributed by atoms with Gasteiger partial charge in [0.15, 0.2) is 0 Å². The lowest BCUT2D eigenvalue weighted by Gasteiger charge is -2.07. The van der Waals surface area contributed by atoms with Gasteiger partial charge in [0.2, 0.25) is 0 Å². The van der Waals surface area contributed by atoms with Crippen molar-refractivity contribution >= 4 is 6.08 Å². The Morgan fingerprint density at radius 2 is 1.53 bits per heavy atom. The maximum Gasteiger partial charge on any atom is -0.0257 e. The summed E-state index contributed by atoms with van der Waals surface area (Å²) in [5.41, 5.74) is 2.99. The van der Waals surface area contributed by atoms with Crippen LogP contribution in [0, 0.1) is 0 Å². The lowest BCUT2D eigenvalue weighted by Crippen LogP contribution is -1.86. The molecule has 0 N–H and O–H groups in total. The maximum absolute atomic E-state index is 2.39. The molecule has 0 atom stereocenters. The number of unbranched alkanes of at least 4 members (excludes halogenated alkanes) is 3. The van der Waals surface area contributed by atoms with Crippen LogP contribution in [0.2, 0.25) is 0 Å². The van der Waals surface area contributed by atoms with E-state index in [0.717, 1.165) is 0 Å². The SMILES string of the molecule is CCCCCC(=Cc1ccccc1)CCCC. The molecule has 0 unspecified atom stereocenters. The van der Waals surface area contributed by atoms with Gasteiger partial charge in [0, 0.05) is 0 Å². The van der Waals surface area contributed by atoms with Gasteiger partial charge in [-0.1, -0.05) is 75.1 Å². The van der Waals surface area contributed by atoms with Crippen LogP contribution in [0.3, 0.4) is 0 Å². The van der Waals surface area contributed by atoms with E-state index in [4.69, 9.17) is 0 Å². The molecule has 0 fully saturated rings. The van der Waals surface area contributed by atoms with E-state index >= 15 is 0 Å². The molecule has 0 heteroatoms. The van der Waals surface area contributed by atoms with E-state index in [9.17, 15) is 0 Å². The normalized spacial score (nSPS) is 11.8. The summed E-state index contributed by atoms with van der Waals surface area (Å²) < 4.78 is 0. The molecule has 17 heavy (non-hydrogen) atoms. The molecule has 0 saturated heterocycles. The zero-order valence-corrected chi connectivity index (χ0v) is 11.4. The van der Waals surface area contributed by atoms with Crippen LogP contribution in [-0.2, 0) is 0 Å². The third-order valence-corrected chi connectivity index (χ3v) is 3.12. The molecule has 1 aromatic rings. The largest absolute Gasteiger partial charge is 0.0696 e. The molecule has 0 radical (unpaired) electrons. The number of hydrogen-bond donors (Lipinski definition) is 0. The fourth-order valence-corrected chi connectivity index (χ4v) is 2.06. The van der Waals surface area contributed by atoms with Crippen molar-refractivity contribution < 1.29 is 0 Å². The Bertz CT molecular complexity index is 308. The van der Waals surface area contributed by atoms with Crippen LogP contribution < -0.4 is 0 Å². The smallest absolute Gasteiger partial charge is 0.0257 e. The van der Waals surface area contributed by atoms with Crippen LogP contribution in [0.4, 0.5) is 0 Å². The van der Waals surface area contributed by atoms with Crippen molar-refractivity contribution in [2.75, 3.05) is 0 Å². The van der Waals surface area contributed by atoms with Gasteiger partial charge in [-0.3, -0.25) is 0 Å². The first-order valence-corrected chi connectivity index (χ1v) is 7.11. The zero-order valence-electron chi connectivity index (χ0n) is 11.4. The fraction of sp³-hybridized carbons (Fsp3) is 0.529. The van der Waals surface area contributed by atoms with Crippen molar-refractivity contribution in [1.82, 2.24) is 0 Å². The second-order valence-corrected chi connectivity index (χ2v) is 4.77. The molecule has 0 amide bonds. The Kier molecular flexibility index (Phi) is 7.46. The topological polar surface area (TPSA) is 0 Å². The van der Waals surface area contributed by atoms with Crippen molar-refractivity contribution in [3.63, 3.8) is 0 Å². The Balaban J connectivity index is 2.57. The average molecular weight is 230 g/mol. The molecular formula is C17H26. The first-order chi connectivity index (χ1) is 8.36. The summed E-state index contributed by atoms with van der Waals surface area (Å²) in [6, 6.07) is 10.7. The third kappa shape index (κ3) is 6.31. The van der Waals surface area contributed by atoms with Gasteiger partial charge < -0.3 is 0 Å². The minimum Gasteiger partial charge on any atom is -0.0696 e. The predicted molar refractivity (Wildman–Crippen MR) is 78.1 cm³/mol. The second-order valence-electron chi connectivity index (χ2n) is 4.77. The average Bonchev–Trinajstić information content (AvgIpc) is 2.37. The molecule has 1 rings (SSSR count). The highest BCUT2D eigenvalue weighted by Gasteiger charge is 1.98. The second kappa shape index (κ2) is 9.04. The highest BCUT2D eigenvalue weighted by atomic mass is 14.0. The van der Waals surface area contributed by atoms with Gasteiger partial charge in [-0.15, -0.1) is 0 Å². The molecule has 1 aromatic carbocycles. The van der Waals surface area contributed by atoms with Crippen LogP contribution in [-0.4, -0.2) is 0 Å². The van der Waals surface area contributed by atoms with Crippen molar-refractivity contribution in [3.8, 4) is 0 Å². The molecule has 0 bridgehead atoms. The van der Waals surface area contributed by atoms with Gasteiger partial charge in [-0.25, -0.2) is 0 Å². The molecule has 94 valence electrons. The maximum atomic E-state index is 2.39. The number of hydrogen-bond acceptors (Lipinski definition) is 0. The third-order valence-electron chi connectivity index (χ3n) is 3.12. The summed E-state index contributed by atoms with van der Waals surface area (Å²) in [6.07, 6.45) is 11.6. The van der Waals surface area contributed by atoms with Gasteiger partial charge >= 0.3 is 0 Å². The fourth-order valence-electron chi connectivity index (χ4n) is 2.06. The number of allylic oxidation sites excluding steroid dienone is 1. The lowest BCUT2D eigenvalue weighted by atomic mass is 9.99. The van der Waals surface area contributed by atoms with E-state index < -0.39 is 0 Å². The number of benzene rings is 1. The molecule has 0 aromatic heterocycles. The molecule has 0 aliphatic carbocycles. The standard InChI is InChI=1S/C17H26/c1-3-5-8-12-16(11-6-4-2)15-17-13-9-7-10-14-17/h7,9-10,13-15H,3-6,8,11-12H2,1-2H3. The van der Waals surface area contributed by atoms with E-state index in [1.54, 1.807) is 5.57 Å². The number of rotatable bonds is 8. The lowest BCUT2D eigenvalue weighted by molar-refractivity contribution is 0.681. The van der Waals surface area contributed by atoms with Crippen LogP contribution in [0.15, 0.2) is 35.9 Å². The quantitative estimate of drug-likeness (QED) is 0.492. The van der Waals surface area contributed by atoms with Crippen LogP contribution in [0.5, 0.6) is 0 Å². The Morgan fingerprint density at radius 3 is 2.18 bits per heavy atom. The first kappa shape index (κ1) is 14.0. The molecule has 0 aliphatic heterocycles.